The molecule has 7 nitrogen and oxygen atoms in total. The van der Waals surface area contributed by atoms with Crippen LogP contribution in [0.1, 0.15) is 23.2 Å². The molecular weight excluding hydrogens is 322 g/mol. The number of nitrogens with one attached hydrogen (secondary N) is 2. The van der Waals surface area contributed by atoms with Crippen molar-refractivity contribution in [2.24, 2.45) is 11.8 Å². The number of likely N-dealkylation sites (tertiary alicyclic amines) is 1. The Kier molecular flexibility index (Phi) is 4.65. The zero-order valence-electron chi connectivity index (χ0n) is 13.8. The Morgan fingerprint density at radius 2 is 1.76 bits per heavy atom. The first-order valence-electron chi connectivity index (χ1n) is 8.13. The third-order valence-corrected chi connectivity index (χ3v) is 4.54. The topological polar surface area (TPSA) is 95.6 Å². The Bertz CT molecular complexity index is 745. The molecule has 1 aromatic rings. The van der Waals surface area contributed by atoms with Gasteiger partial charge in [0.1, 0.15) is 6.54 Å². The third kappa shape index (κ3) is 3.31. The van der Waals surface area contributed by atoms with Gasteiger partial charge in [-0.25, -0.2) is 0 Å². The molecule has 130 valence electrons. The van der Waals surface area contributed by atoms with E-state index in [0.29, 0.717) is 24.1 Å². The van der Waals surface area contributed by atoms with Crippen molar-refractivity contribution in [2.75, 3.05) is 18.9 Å². The number of imide groups is 1. The minimum atomic E-state index is -0.470. The summed E-state index contributed by atoms with van der Waals surface area (Å²) >= 11 is 0. The van der Waals surface area contributed by atoms with E-state index in [1.807, 2.05) is 12.2 Å². The molecule has 2 aliphatic rings. The molecule has 7 heteroatoms. The van der Waals surface area contributed by atoms with E-state index >= 15 is 0 Å². The maximum absolute atomic E-state index is 12.4. The van der Waals surface area contributed by atoms with E-state index < -0.39 is 5.91 Å². The Morgan fingerprint density at radius 3 is 2.36 bits per heavy atom. The average Bonchev–Trinajstić information content (AvgIpc) is 2.86. The quantitative estimate of drug-likeness (QED) is 0.629. The van der Waals surface area contributed by atoms with Gasteiger partial charge in [-0.05, 0) is 31.0 Å². The molecule has 1 aliphatic heterocycles. The smallest absolute Gasteiger partial charge is 0.251 e. The number of fused-ring (bicyclic) bond motifs is 1. The first kappa shape index (κ1) is 16.9. The van der Waals surface area contributed by atoms with Crippen molar-refractivity contribution in [1.82, 2.24) is 10.2 Å². The Balaban J connectivity index is 1.66. The monoisotopic (exact) mass is 341 g/mol. The van der Waals surface area contributed by atoms with Crippen LogP contribution >= 0.6 is 0 Å². The van der Waals surface area contributed by atoms with Crippen LogP contribution in [0, 0.1) is 11.8 Å². The Morgan fingerprint density at radius 1 is 1.12 bits per heavy atom. The molecule has 0 radical (unpaired) electrons. The fourth-order valence-corrected chi connectivity index (χ4v) is 3.25. The van der Waals surface area contributed by atoms with Crippen molar-refractivity contribution in [2.45, 2.75) is 12.8 Å². The van der Waals surface area contributed by atoms with Crippen molar-refractivity contribution in [1.29, 1.82) is 0 Å². The maximum atomic E-state index is 12.4. The van der Waals surface area contributed by atoms with Crippen LogP contribution in [-0.4, -0.2) is 42.1 Å². The highest BCUT2D eigenvalue weighted by Crippen LogP contribution is 2.34. The van der Waals surface area contributed by atoms with Gasteiger partial charge in [0.25, 0.3) is 5.91 Å². The predicted molar refractivity (Wildman–Crippen MR) is 90.5 cm³/mol. The van der Waals surface area contributed by atoms with Gasteiger partial charge in [0.15, 0.2) is 0 Å². The lowest BCUT2D eigenvalue weighted by Gasteiger charge is -2.14. The van der Waals surface area contributed by atoms with Gasteiger partial charge >= 0.3 is 0 Å². The lowest BCUT2D eigenvalue weighted by atomic mass is 9.85. The predicted octanol–water partition coefficient (Wildman–Crippen LogP) is 0.936. The van der Waals surface area contributed by atoms with Crippen molar-refractivity contribution >= 4 is 29.3 Å². The number of nitrogens with zero attached hydrogens (tertiary/aromatic N) is 1. The molecule has 0 saturated carbocycles. The molecule has 2 N–H and O–H groups in total. The summed E-state index contributed by atoms with van der Waals surface area (Å²) in [5, 5.41) is 5.14. The van der Waals surface area contributed by atoms with Crippen LogP contribution in [0.15, 0.2) is 36.4 Å². The molecule has 25 heavy (non-hydrogen) atoms. The number of rotatable bonds is 4. The summed E-state index contributed by atoms with van der Waals surface area (Å²) in [5.74, 6) is -1.99. The lowest BCUT2D eigenvalue weighted by molar-refractivity contribution is -0.142. The summed E-state index contributed by atoms with van der Waals surface area (Å²) in [7, 11) is 1.52. The summed E-state index contributed by atoms with van der Waals surface area (Å²) < 4.78 is 0. The zero-order chi connectivity index (χ0) is 18.0. The fraction of sp³-hybridized carbons (Fsp3) is 0.333. The van der Waals surface area contributed by atoms with E-state index in [9.17, 15) is 19.2 Å². The third-order valence-electron chi connectivity index (χ3n) is 4.54. The second-order valence-corrected chi connectivity index (χ2v) is 6.13. The molecule has 1 saturated heterocycles. The number of carbonyl (C=O) groups is 4. The van der Waals surface area contributed by atoms with Crippen LogP contribution in [0.3, 0.4) is 0 Å². The fourth-order valence-electron chi connectivity index (χ4n) is 3.25. The molecule has 0 aromatic heterocycles. The molecule has 2 unspecified atom stereocenters. The number of hydrogen-bond donors (Lipinski definition) is 2. The molecule has 1 aliphatic carbocycles. The number of hydrogen-bond acceptors (Lipinski definition) is 4. The molecule has 1 fully saturated rings. The second kappa shape index (κ2) is 6.88. The van der Waals surface area contributed by atoms with Gasteiger partial charge in [0, 0.05) is 18.3 Å². The van der Waals surface area contributed by atoms with Gasteiger partial charge in [-0.1, -0.05) is 18.2 Å². The average molecular weight is 341 g/mol. The maximum Gasteiger partial charge on any atom is 0.251 e. The summed E-state index contributed by atoms with van der Waals surface area (Å²) in [5.41, 5.74) is 0.843. The zero-order valence-corrected chi connectivity index (χ0v) is 13.8. The Labute approximate surface area is 145 Å². The van der Waals surface area contributed by atoms with Gasteiger partial charge in [-0.2, -0.15) is 0 Å². The lowest BCUT2D eigenvalue weighted by Crippen LogP contribution is -2.38. The van der Waals surface area contributed by atoms with Crippen LogP contribution in [-0.2, 0) is 14.4 Å². The van der Waals surface area contributed by atoms with Gasteiger partial charge in [-0.15, -0.1) is 0 Å². The molecule has 1 aromatic carbocycles. The van der Waals surface area contributed by atoms with Crippen LogP contribution in [0.4, 0.5) is 5.69 Å². The van der Waals surface area contributed by atoms with Crippen LogP contribution in [0.2, 0.25) is 0 Å². The molecular formula is C18H19N3O4. The van der Waals surface area contributed by atoms with Crippen LogP contribution < -0.4 is 10.6 Å². The van der Waals surface area contributed by atoms with Gasteiger partial charge in [0.05, 0.1) is 11.8 Å². The molecule has 1 heterocycles. The normalized spacial score (nSPS) is 21.9. The molecule has 3 rings (SSSR count). The second-order valence-electron chi connectivity index (χ2n) is 6.13. The minimum Gasteiger partial charge on any atom is -0.355 e. The van der Waals surface area contributed by atoms with E-state index in [-0.39, 0.29) is 36.1 Å². The van der Waals surface area contributed by atoms with Crippen molar-refractivity contribution < 1.29 is 19.2 Å². The Hall–Kier alpha value is -2.96. The van der Waals surface area contributed by atoms with E-state index in [1.165, 1.54) is 13.1 Å². The van der Waals surface area contributed by atoms with Crippen LogP contribution in [0.5, 0.6) is 0 Å². The largest absolute Gasteiger partial charge is 0.355 e. The highest BCUT2D eigenvalue weighted by Gasteiger charge is 2.47. The van der Waals surface area contributed by atoms with Crippen molar-refractivity contribution in [3.63, 3.8) is 0 Å². The van der Waals surface area contributed by atoms with E-state index in [4.69, 9.17) is 0 Å². The molecule has 4 amide bonds. The minimum absolute atomic E-state index is 0.266. The van der Waals surface area contributed by atoms with Crippen molar-refractivity contribution in [3.05, 3.63) is 42.0 Å². The van der Waals surface area contributed by atoms with Crippen LogP contribution in [0.25, 0.3) is 0 Å². The number of allylic oxidation sites excluding steroid dienone is 2. The standard InChI is InChI=1S/C18H19N3O4/c1-19-16(23)11-5-4-6-12(9-11)20-15(22)10-21-17(24)13-7-2-3-8-14(13)18(21)25/h2-6,9,13-14H,7-8,10H2,1H3,(H,19,23)(H,20,22). The van der Waals surface area contributed by atoms with Crippen molar-refractivity contribution in [3.8, 4) is 0 Å². The van der Waals surface area contributed by atoms with E-state index in [2.05, 4.69) is 10.6 Å². The molecule has 0 bridgehead atoms. The number of benzene rings is 1. The SMILES string of the molecule is CNC(=O)c1cccc(NC(=O)CN2C(=O)C3CC=CCC3C2=O)c1. The highest BCUT2D eigenvalue weighted by molar-refractivity contribution is 6.09. The highest BCUT2D eigenvalue weighted by atomic mass is 16.2. The summed E-state index contributed by atoms with van der Waals surface area (Å²) in [6.45, 7) is -0.311. The molecule has 2 atom stereocenters. The number of amides is 4. The summed E-state index contributed by atoms with van der Waals surface area (Å²) in [6, 6.07) is 6.45. The number of carbonyl (C=O) groups excluding carboxylic acids is 4. The first-order valence-corrected chi connectivity index (χ1v) is 8.13. The molecule has 0 spiro atoms. The summed E-state index contributed by atoms with van der Waals surface area (Å²) in [4.78, 5) is 49.6. The van der Waals surface area contributed by atoms with E-state index in [1.54, 1.807) is 18.2 Å². The number of anilines is 1. The van der Waals surface area contributed by atoms with E-state index in [0.717, 1.165) is 4.90 Å². The van der Waals surface area contributed by atoms with Gasteiger partial charge in [-0.3, -0.25) is 24.1 Å². The van der Waals surface area contributed by atoms with Gasteiger partial charge in [0.2, 0.25) is 17.7 Å². The first-order chi connectivity index (χ1) is 12.0. The van der Waals surface area contributed by atoms with Gasteiger partial charge < -0.3 is 10.6 Å². The summed E-state index contributed by atoms with van der Waals surface area (Å²) in [6.07, 6.45) is 4.89.